The lowest BCUT2D eigenvalue weighted by Gasteiger charge is -2.55. The quantitative estimate of drug-likeness (QED) is 0.721. The number of fused-ring (bicyclic) bond motifs is 1. The lowest BCUT2D eigenvalue weighted by Crippen LogP contribution is -2.68. The largest absolute Gasteiger partial charge is 0.454 e. The summed E-state index contributed by atoms with van der Waals surface area (Å²) in [5, 5.41) is 3.22. The van der Waals surface area contributed by atoms with Crippen LogP contribution in [-0.2, 0) is 9.59 Å². The molecule has 5 rings (SSSR count). The fourth-order valence-electron chi connectivity index (χ4n) is 5.51. The van der Waals surface area contributed by atoms with E-state index in [1.54, 1.807) is 0 Å². The number of nitrogens with zero attached hydrogens (tertiary/aromatic N) is 2. The van der Waals surface area contributed by atoms with Crippen molar-refractivity contribution in [3.05, 3.63) is 52.6 Å². The molecule has 0 radical (unpaired) electrons. The van der Waals surface area contributed by atoms with E-state index >= 15 is 0 Å². The normalized spacial score (nSPS) is 21.6. The average molecular weight is 450 g/mol. The van der Waals surface area contributed by atoms with Crippen LogP contribution in [0.15, 0.2) is 30.3 Å². The molecule has 0 aliphatic carbocycles. The van der Waals surface area contributed by atoms with Crippen LogP contribution in [0, 0.1) is 20.8 Å². The van der Waals surface area contributed by atoms with Gasteiger partial charge in [0.25, 0.3) is 0 Å². The van der Waals surface area contributed by atoms with E-state index in [0.29, 0.717) is 30.8 Å². The summed E-state index contributed by atoms with van der Waals surface area (Å²) in [4.78, 5) is 31.1. The van der Waals surface area contributed by atoms with Crippen LogP contribution in [0.2, 0.25) is 0 Å². The molecule has 2 saturated heterocycles. The molecule has 1 atom stereocenters. The minimum Gasteiger partial charge on any atom is -0.454 e. The predicted molar refractivity (Wildman–Crippen MR) is 126 cm³/mol. The molecule has 7 nitrogen and oxygen atoms in total. The molecule has 2 aromatic carbocycles. The number of β-lactam (4-membered cyclic amide) rings is 1. The molecule has 174 valence electrons. The van der Waals surface area contributed by atoms with E-state index < -0.39 is 5.54 Å². The van der Waals surface area contributed by atoms with Gasteiger partial charge in [0.15, 0.2) is 11.5 Å². The van der Waals surface area contributed by atoms with Crippen molar-refractivity contribution >= 4 is 17.5 Å². The molecular formula is C26H31N3O4. The van der Waals surface area contributed by atoms with Gasteiger partial charge in [0.2, 0.25) is 18.6 Å². The monoisotopic (exact) mass is 449 g/mol. The Kier molecular flexibility index (Phi) is 5.32. The number of piperidine rings is 1. The first-order valence-electron chi connectivity index (χ1n) is 11.6. The number of amides is 2. The second kappa shape index (κ2) is 8.06. The highest BCUT2D eigenvalue weighted by molar-refractivity contribution is 6.03. The summed E-state index contributed by atoms with van der Waals surface area (Å²) in [6.07, 6.45) is 1.60. The Bertz CT molecular complexity index is 1100. The summed E-state index contributed by atoms with van der Waals surface area (Å²) < 4.78 is 11.0. The zero-order valence-electron chi connectivity index (χ0n) is 19.7. The zero-order valence-corrected chi connectivity index (χ0v) is 19.7. The minimum atomic E-state index is -0.882. The molecule has 1 unspecified atom stereocenters. The van der Waals surface area contributed by atoms with Crippen molar-refractivity contribution in [2.24, 2.45) is 0 Å². The highest BCUT2D eigenvalue weighted by Gasteiger charge is 2.55. The van der Waals surface area contributed by atoms with E-state index in [2.05, 4.69) is 36.3 Å². The first kappa shape index (κ1) is 21.8. The van der Waals surface area contributed by atoms with Gasteiger partial charge in [-0.1, -0.05) is 23.8 Å². The molecule has 1 N–H and O–H groups in total. The fraction of sp³-hybridized carbons (Fsp3) is 0.462. The third-order valence-corrected chi connectivity index (χ3v) is 7.34. The Morgan fingerprint density at radius 1 is 1.03 bits per heavy atom. The molecule has 2 amide bonds. The molecule has 2 aromatic rings. The molecular weight excluding hydrogens is 418 g/mol. The van der Waals surface area contributed by atoms with Crippen LogP contribution < -0.4 is 14.8 Å². The van der Waals surface area contributed by atoms with Gasteiger partial charge in [0.1, 0.15) is 5.54 Å². The number of aryl methyl sites for hydroxylation is 3. The third kappa shape index (κ3) is 3.64. The number of anilines is 1. The van der Waals surface area contributed by atoms with Gasteiger partial charge >= 0.3 is 0 Å². The summed E-state index contributed by atoms with van der Waals surface area (Å²) in [5.41, 5.74) is 4.17. The zero-order chi connectivity index (χ0) is 23.3. The van der Waals surface area contributed by atoms with Crippen molar-refractivity contribution < 1.29 is 19.1 Å². The molecule has 3 aliphatic heterocycles. The summed E-state index contributed by atoms with van der Waals surface area (Å²) in [6.45, 7) is 7.81. The SMILES string of the molecule is Cc1cc(C)c(NC(=O)C2(N3C(=O)CC3c3ccc4c(c3)OCO4)CCN(C)CC2)c(C)c1. The van der Waals surface area contributed by atoms with E-state index in [4.69, 9.17) is 9.47 Å². The van der Waals surface area contributed by atoms with Gasteiger partial charge in [0, 0.05) is 18.8 Å². The van der Waals surface area contributed by atoms with Gasteiger partial charge in [-0.2, -0.15) is 0 Å². The predicted octanol–water partition coefficient (Wildman–Crippen LogP) is 3.72. The topological polar surface area (TPSA) is 71.1 Å². The van der Waals surface area contributed by atoms with Crippen molar-refractivity contribution in [3.8, 4) is 11.5 Å². The van der Waals surface area contributed by atoms with Gasteiger partial charge in [-0.3, -0.25) is 9.59 Å². The van der Waals surface area contributed by atoms with Gasteiger partial charge in [-0.25, -0.2) is 0 Å². The average Bonchev–Trinajstić information content (AvgIpc) is 3.23. The second-order valence-electron chi connectivity index (χ2n) is 9.66. The molecule has 2 fully saturated rings. The lowest BCUT2D eigenvalue weighted by molar-refractivity contribution is -0.167. The third-order valence-electron chi connectivity index (χ3n) is 7.34. The first-order valence-corrected chi connectivity index (χ1v) is 11.6. The highest BCUT2D eigenvalue weighted by atomic mass is 16.7. The van der Waals surface area contributed by atoms with Gasteiger partial charge < -0.3 is 24.6 Å². The van der Waals surface area contributed by atoms with Crippen LogP contribution in [0.1, 0.15) is 47.6 Å². The lowest BCUT2D eigenvalue weighted by atomic mass is 9.78. The Balaban J connectivity index is 1.49. The smallest absolute Gasteiger partial charge is 0.250 e. The number of likely N-dealkylation sites (tertiary alicyclic amines) is 2. The number of carbonyl (C=O) groups is 2. The highest BCUT2D eigenvalue weighted by Crippen LogP contribution is 2.47. The molecule has 3 aliphatic rings. The summed E-state index contributed by atoms with van der Waals surface area (Å²) in [7, 11) is 2.06. The van der Waals surface area contributed by atoms with Gasteiger partial charge in [-0.15, -0.1) is 0 Å². The Morgan fingerprint density at radius 3 is 2.36 bits per heavy atom. The maximum atomic E-state index is 14.0. The van der Waals surface area contributed by atoms with Crippen molar-refractivity contribution in [2.75, 3.05) is 32.2 Å². The van der Waals surface area contributed by atoms with Crippen LogP contribution in [0.25, 0.3) is 0 Å². The maximum absolute atomic E-state index is 14.0. The molecule has 0 spiro atoms. The number of hydrogen-bond acceptors (Lipinski definition) is 5. The Labute approximate surface area is 194 Å². The molecule has 7 heteroatoms. The van der Waals surface area contributed by atoms with Gasteiger partial charge in [0.05, 0.1) is 12.5 Å². The van der Waals surface area contributed by atoms with Crippen molar-refractivity contribution in [1.29, 1.82) is 0 Å². The van der Waals surface area contributed by atoms with E-state index in [-0.39, 0.29) is 24.6 Å². The molecule has 0 saturated carbocycles. The van der Waals surface area contributed by atoms with E-state index in [1.807, 2.05) is 36.9 Å². The van der Waals surface area contributed by atoms with Gasteiger partial charge in [-0.05, 0) is 69.5 Å². The van der Waals surface area contributed by atoms with Crippen LogP contribution in [0.5, 0.6) is 11.5 Å². The molecule has 3 heterocycles. The van der Waals surface area contributed by atoms with Crippen LogP contribution in [-0.4, -0.2) is 54.1 Å². The molecule has 0 aromatic heterocycles. The van der Waals surface area contributed by atoms with E-state index in [9.17, 15) is 9.59 Å². The summed E-state index contributed by atoms with van der Waals surface area (Å²) in [5.74, 6) is 1.34. The number of ether oxygens (including phenoxy) is 2. The molecule has 0 bridgehead atoms. The van der Waals surface area contributed by atoms with Crippen LogP contribution in [0.4, 0.5) is 5.69 Å². The Morgan fingerprint density at radius 2 is 1.70 bits per heavy atom. The Hall–Kier alpha value is -3.06. The number of nitrogens with one attached hydrogen (secondary N) is 1. The standard InChI is InChI=1S/C26H31N3O4/c1-16-11-17(2)24(18(3)12-16)27-25(31)26(7-9-28(4)10-8-26)29-20(14-23(29)30)19-5-6-21-22(13-19)33-15-32-21/h5-6,11-13,20H,7-10,14-15H2,1-4H3,(H,27,31). The van der Waals surface area contributed by atoms with E-state index in [1.165, 1.54) is 0 Å². The summed E-state index contributed by atoms with van der Waals surface area (Å²) >= 11 is 0. The fourth-order valence-corrected chi connectivity index (χ4v) is 5.51. The van der Waals surface area contributed by atoms with Crippen molar-refractivity contribution in [1.82, 2.24) is 9.80 Å². The summed E-state index contributed by atoms with van der Waals surface area (Å²) in [6, 6.07) is 9.82. The number of rotatable bonds is 4. The van der Waals surface area contributed by atoms with E-state index in [0.717, 1.165) is 41.0 Å². The number of hydrogen-bond donors (Lipinski definition) is 1. The maximum Gasteiger partial charge on any atom is 0.250 e. The van der Waals surface area contributed by atoms with Crippen molar-refractivity contribution in [3.63, 3.8) is 0 Å². The van der Waals surface area contributed by atoms with Crippen LogP contribution >= 0.6 is 0 Å². The number of carbonyl (C=O) groups excluding carboxylic acids is 2. The van der Waals surface area contributed by atoms with Crippen LogP contribution in [0.3, 0.4) is 0 Å². The second-order valence-corrected chi connectivity index (χ2v) is 9.66. The number of benzene rings is 2. The van der Waals surface area contributed by atoms with Crippen molar-refractivity contribution in [2.45, 2.75) is 51.6 Å². The minimum absolute atomic E-state index is 0.0229. The first-order chi connectivity index (χ1) is 15.8. The molecule has 33 heavy (non-hydrogen) atoms.